The fourth-order valence-electron chi connectivity index (χ4n) is 2.26. The van der Waals surface area contributed by atoms with Gasteiger partial charge in [0.1, 0.15) is 5.52 Å². The van der Waals surface area contributed by atoms with Crippen molar-refractivity contribution in [2.75, 3.05) is 0 Å². The summed E-state index contributed by atoms with van der Waals surface area (Å²) in [5.41, 5.74) is 2.35. The number of halogens is 2. The van der Waals surface area contributed by atoms with E-state index >= 15 is 0 Å². The Morgan fingerprint density at radius 2 is 1.67 bits per heavy atom. The van der Waals surface area contributed by atoms with Crippen molar-refractivity contribution in [2.45, 2.75) is 0 Å². The van der Waals surface area contributed by atoms with E-state index < -0.39 is 0 Å². The monoisotopic (exact) mass is 314 g/mol. The number of aromatic nitrogens is 4. The highest BCUT2D eigenvalue weighted by Crippen LogP contribution is 2.27. The summed E-state index contributed by atoms with van der Waals surface area (Å²) in [6, 6.07) is 15.3. The first kappa shape index (κ1) is 12.6. The maximum atomic E-state index is 6.08. The van der Waals surface area contributed by atoms with Crippen molar-refractivity contribution in [1.29, 1.82) is 0 Å². The minimum absolute atomic E-state index is 0.461. The Morgan fingerprint density at radius 3 is 2.57 bits per heavy atom. The first-order valence-electron chi connectivity index (χ1n) is 6.29. The zero-order valence-corrected chi connectivity index (χ0v) is 12.2. The van der Waals surface area contributed by atoms with Gasteiger partial charge in [-0.25, -0.2) is 4.98 Å². The number of benzene rings is 2. The molecule has 0 saturated carbocycles. The van der Waals surface area contributed by atoms with Crippen LogP contribution in [0.2, 0.25) is 10.0 Å². The molecule has 0 unspecified atom stereocenters. The van der Waals surface area contributed by atoms with Gasteiger partial charge in [0.05, 0.1) is 21.1 Å². The molecule has 102 valence electrons. The van der Waals surface area contributed by atoms with Crippen molar-refractivity contribution in [3.8, 4) is 5.82 Å². The third-order valence-electron chi connectivity index (χ3n) is 3.29. The molecular formula is C15H8Cl2N4. The molecule has 2 heterocycles. The molecule has 0 aliphatic rings. The van der Waals surface area contributed by atoms with E-state index in [4.69, 9.17) is 23.2 Å². The highest BCUT2D eigenvalue weighted by molar-refractivity contribution is 6.42. The van der Waals surface area contributed by atoms with Gasteiger partial charge in [0, 0.05) is 5.39 Å². The van der Waals surface area contributed by atoms with E-state index in [1.807, 2.05) is 36.4 Å². The molecule has 4 aromatic rings. The van der Waals surface area contributed by atoms with E-state index in [2.05, 4.69) is 15.3 Å². The zero-order chi connectivity index (χ0) is 14.4. The summed E-state index contributed by atoms with van der Waals surface area (Å²) in [4.78, 5) is 4.60. The standard InChI is InChI=1S/C15H8Cl2N4/c16-10-7-13-14(8-11(10)17)21(20-19-13)15-6-5-9-3-1-2-4-12(9)18-15/h1-8H. The Balaban J connectivity index is 1.97. The lowest BCUT2D eigenvalue weighted by Crippen LogP contribution is -1.99. The van der Waals surface area contributed by atoms with Gasteiger partial charge in [-0.05, 0) is 30.3 Å². The highest BCUT2D eigenvalue weighted by Gasteiger charge is 2.11. The Morgan fingerprint density at radius 1 is 0.857 bits per heavy atom. The summed E-state index contributed by atoms with van der Waals surface area (Å²) in [5, 5.41) is 10.3. The van der Waals surface area contributed by atoms with E-state index in [9.17, 15) is 0 Å². The van der Waals surface area contributed by atoms with Gasteiger partial charge >= 0.3 is 0 Å². The number of pyridine rings is 1. The van der Waals surface area contributed by atoms with Crippen molar-refractivity contribution >= 4 is 45.1 Å². The second-order valence-corrected chi connectivity index (χ2v) is 5.43. The topological polar surface area (TPSA) is 43.6 Å². The van der Waals surface area contributed by atoms with Gasteiger partial charge in [0.2, 0.25) is 0 Å². The average molecular weight is 315 g/mol. The van der Waals surface area contributed by atoms with Crippen molar-refractivity contribution in [3.05, 3.63) is 58.6 Å². The van der Waals surface area contributed by atoms with E-state index in [1.54, 1.807) is 16.8 Å². The van der Waals surface area contributed by atoms with Gasteiger partial charge in [-0.2, -0.15) is 4.68 Å². The summed E-state index contributed by atoms with van der Waals surface area (Å²) in [6.45, 7) is 0. The van der Waals surface area contributed by atoms with Crippen molar-refractivity contribution in [3.63, 3.8) is 0 Å². The summed E-state index contributed by atoms with van der Waals surface area (Å²) in [7, 11) is 0. The minimum atomic E-state index is 0.461. The number of nitrogens with zero attached hydrogens (tertiary/aromatic N) is 4. The van der Waals surface area contributed by atoms with Gasteiger partial charge in [-0.1, -0.05) is 46.6 Å². The normalized spacial score (nSPS) is 11.3. The van der Waals surface area contributed by atoms with Crippen LogP contribution in [0.4, 0.5) is 0 Å². The maximum Gasteiger partial charge on any atom is 0.156 e. The van der Waals surface area contributed by atoms with E-state index in [0.29, 0.717) is 21.4 Å². The molecule has 4 nitrogen and oxygen atoms in total. The molecule has 0 saturated heterocycles. The van der Waals surface area contributed by atoms with Crippen LogP contribution in [0.3, 0.4) is 0 Å². The molecule has 21 heavy (non-hydrogen) atoms. The average Bonchev–Trinajstić information content (AvgIpc) is 2.90. The lowest BCUT2D eigenvalue weighted by Gasteiger charge is -2.04. The molecule has 0 fully saturated rings. The van der Waals surface area contributed by atoms with Crippen molar-refractivity contribution < 1.29 is 0 Å². The first-order valence-corrected chi connectivity index (χ1v) is 7.04. The van der Waals surface area contributed by atoms with Crippen molar-refractivity contribution in [1.82, 2.24) is 20.0 Å². The quantitative estimate of drug-likeness (QED) is 0.527. The van der Waals surface area contributed by atoms with Crippen LogP contribution in [-0.4, -0.2) is 20.0 Å². The Kier molecular flexibility index (Phi) is 2.80. The smallest absolute Gasteiger partial charge is 0.156 e. The largest absolute Gasteiger partial charge is 0.229 e. The summed E-state index contributed by atoms with van der Waals surface area (Å²) >= 11 is 12.1. The van der Waals surface area contributed by atoms with Crippen molar-refractivity contribution in [2.24, 2.45) is 0 Å². The highest BCUT2D eigenvalue weighted by atomic mass is 35.5. The van der Waals surface area contributed by atoms with Gasteiger partial charge in [0.15, 0.2) is 5.82 Å². The van der Waals surface area contributed by atoms with Gasteiger partial charge in [-0.3, -0.25) is 0 Å². The molecule has 0 N–H and O–H groups in total. The molecule has 0 aliphatic carbocycles. The lowest BCUT2D eigenvalue weighted by molar-refractivity contribution is 0.805. The van der Waals surface area contributed by atoms with Crippen LogP contribution in [0, 0.1) is 0 Å². The first-order chi connectivity index (χ1) is 10.2. The van der Waals surface area contributed by atoms with Crippen LogP contribution in [0.25, 0.3) is 27.8 Å². The van der Waals surface area contributed by atoms with Gasteiger partial charge in [0.25, 0.3) is 0 Å². The summed E-state index contributed by atoms with van der Waals surface area (Å²) in [6.07, 6.45) is 0. The summed E-state index contributed by atoms with van der Waals surface area (Å²) in [5.74, 6) is 0.689. The van der Waals surface area contributed by atoms with Gasteiger partial charge < -0.3 is 0 Å². The SMILES string of the molecule is Clc1cc2nnn(-c3ccc4ccccc4n3)c2cc1Cl. The second kappa shape index (κ2) is 4.69. The molecular weight excluding hydrogens is 307 g/mol. The number of para-hydroxylation sites is 1. The molecule has 2 aromatic heterocycles. The van der Waals surface area contributed by atoms with E-state index in [1.165, 1.54) is 0 Å². The molecule has 4 rings (SSSR count). The lowest BCUT2D eigenvalue weighted by atomic mass is 10.2. The van der Waals surface area contributed by atoms with Crippen LogP contribution in [0.1, 0.15) is 0 Å². The summed E-state index contributed by atoms with van der Waals surface area (Å²) < 4.78 is 1.66. The maximum absolute atomic E-state index is 6.08. The van der Waals surface area contributed by atoms with Crippen LogP contribution in [0.15, 0.2) is 48.5 Å². The minimum Gasteiger partial charge on any atom is -0.229 e. The predicted octanol–water partition coefficient (Wildman–Crippen LogP) is 4.28. The molecule has 0 spiro atoms. The van der Waals surface area contributed by atoms with E-state index in [-0.39, 0.29) is 0 Å². The number of rotatable bonds is 1. The second-order valence-electron chi connectivity index (χ2n) is 4.62. The molecule has 0 bridgehead atoms. The molecule has 6 heteroatoms. The molecule has 0 atom stereocenters. The predicted molar refractivity (Wildman–Crippen MR) is 84.2 cm³/mol. The number of hydrogen-bond donors (Lipinski definition) is 0. The molecule has 2 aromatic carbocycles. The Hall–Kier alpha value is -2.17. The van der Waals surface area contributed by atoms with E-state index in [0.717, 1.165) is 16.4 Å². The van der Waals surface area contributed by atoms with Crippen LogP contribution in [0.5, 0.6) is 0 Å². The van der Waals surface area contributed by atoms with Crippen LogP contribution in [-0.2, 0) is 0 Å². The molecule has 0 aliphatic heterocycles. The van der Waals surface area contributed by atoms with Crippen LogP contribution >= 0.6 is 23.2 Å². The Labute approximate surface area is 129 Å². The zero-order valence-electron chi connectivity index (χ0n) is 10.7. The Bertz CT molecular complexity index is 978. The van der Waals surface area contributed by atoms with Crippen LogP contribution < -0.4 is 0 Å². The molecule has 0 amide bonds. The van der Waals surface area contributed by atoms with Gasteiger partial charge in [-0.15, -0.1) is 5.10 Å². The fraction of sp³-hybridized carbons (Fsp3) is 0. The fourth-order valence-corrected chi connectivity index (χ4v) is 2.57. The third kappa shape index (κ3) is 2.04. The third-order valence-corrected chi connectivity index (χ3v) is 4.01. The number of fused-ring (bicyclic) bond motifs is 2. The molecule has 0 radical (unpaired) electrons. The number of hydrogen-bond acceptors (Lipinski definition) is 3.